The van der Waals surface area contributed by atoms with Gasteiger partial charge < -0.3 is 13.5 Å². The van der Waals surface area contributed by atoms with E-state index in [4.69, 9.17) is 0 Å². The summed E-state index contributed by atoms with van der Waals surface area (Å²) in [6, 6.07) is 64.6. The molecule has 8 aromatic carbocycles. The van der Waals surface area contributed by atoms with Crippen molar-refractivity contribution in [2.75, 3.05) is 0 Å². The molecule has 3 nitrogen and oxygen atoms in total. The second-order valence-corrected chi connectivity index (χ2v) is 13.7. The molecular weight excluding hydrogens is 619 g/mol. The first-order chi connectivity index (χ1) is 25.3. The third-order valence-electron chi connectivity index (χ3n) is 11.2. The molecule has 0 aliphatic heterocycles. The van der Waals surface area contributed by atoms with E-state index in [0.717, 1.165) is 5.69 Å². The van der Waals surface area contributed by atoms with Crippen LogP contribution in [0.4, 0.5) is 0 Å². The topological polar surface area (TPSA) is 14.3 Å². The zero-order valence-corrected chi connectivity index (χ0v) is 27.6. The quantitative estimate of drug-likeness (QED) is 0.181. The molecule has 236 valence electrons. The van der Waals surface area contributed by atoms with Crippen LogP contribution in [0, 0.1) is 0 Å². The van der Waals surface area contributed by atoms with Crippen molar-refractivity contribution in [1.82, 2.24) is 13.5 Å². The Morgan fingerprint density at radius 1 is 0.294 bits per heavy atom. The Morgan fingerprint density at radius 2 is 0.843 bits per heavy atom. The molecule has 12 rings (SSSR count). The zero-order chi connectivity index (χ0) is 33.2. The van der Waals surface area contributed by atoms with Gasteiger partial charge in [0.05, 0.1) is 38.6 Å². The third kappa shape index (κ3) is 3.47. The molecule has 51 heavy (non-hydrogen) atoms. The van der Waals surface area contributed by atoms with Crippen LogP contribution in [0.5, 0.6) is 0 Å². The molecule has 0 saturated heterocycles. The number of nitrogens with zero attached hydrogens (tertiary/aromatic N) is 3. The highest BCUT2D eigenvalue weighted by molar-refractivity contribution is 6.33. The van der Waals surface area contributed by atoms with Crippen molar-refractivity contribution in [2.24, 2.45) is 0 Å². The number of fused-ring (bicyclic) bond motifs is 9. The Bertz CT molecular complexity index is 3360. The van der Waals surface area contributed by atoms with Gasteiger partial charge in [0.2, 0.25) is 0 Å². The molecule has 0 saturated carbocycles. The van der Waals surface area contributed by atoms with E-state index in [1.165, 1.54) is 98.5 Å². The minimum absolute atomic E-state index is 1.16. The average Bonchev–Trinajstić information content (AvgIpc) is 3.81. The van der Waals surface area contributed by atoms with Crippen LogP contribution in [-0.4, -0.2) is 13.5 Å². The molecule has 0 bridgehead atoms. The first-order valence-electron chi connectivity index (χ1n) is 17.6. The number of hydrogen-bond acceptors (Lipinski definition) is 0. The first-order valence-corrected chi connectivity index (χ1v) is 17.6. The number of hydrogen-bond donors (Lipinski definition) is 0. The normalized spacial score (nSPS) is 12.3. The molecule has 0 fully saturated rings. The molecule has 0 atom stereocenters. The predicted molar refractivity (Wildman–Crippen MR) is 215 cm³/mol. The van der Waals surface area contributed by atoms with Crippen LogP contribution in [0.15, 0.2) is 176 Å². The lowest BCUT2D eigenvalue weighted by atomic mass is 9.99. The second kappa shape index (κ2) is 9.87. The average molecular weight is 648 g/mol. The Balaban J connectivity index is 1.19. The van der Waals surface area contributed by atoms with E-state index in [1.807, 2.05) is 0 Å². The summed E-state index contributed by atoms with van der Waals surface area (Å²) in [6.07, 6.45) is 0. The van der Waals surface area contributed by atoms with E-state index in [2.05, 4.69) is 189 Å². The monoisotopic (exact) mass is 647 g/mol. The maximum absolute atomic E-state index is 2.51. The summed E-state index contributed by atoms with van der Waals surface area (Å²) in [5.41, 5.74) is 13.4. The zero-order valence-electron chi connectivity index (χ0n) is 27.6. The van der Waals surface area contributed by atoms with Gasteiger partial charge in [0.15, 0.2) is 0 Å². The van der Waals surface area contributed by atoms with Gasteiger partial charge in [-0.15, -0.1) is 0 Å². The predicted octanol–water partition coefficient (Wildman–Crippen LogP) is 12.7. The van der Waals surface area contributed by atoms with E-state index in [0.29, 0.717) is 0 Å². The van der Waals surface area contributed by atoms with Gasteiger partial charge >= 0.3 is 0 Å². The van der Waals surface area contributed by atoms with Crippen molar-refractivity contribution >= 4 is 81.7 Å². The van der Waals surface area contributed by atoms with Crippen LogP contribution in [0.1, 0.15) is 0 Å². The fourth-order valence-electron chi connectivity index (χ4n) is 9.18. The molecule has 0 radical (unpaired) electrons. The van der Waals surface area contributed by atoms with Crippen LogP contribution in [0.25, 0.3) is 104 Å². The van der Waals surface area contributed by atoms with E-state index in [1.54, 1.807) is 0 Å². The van der Waals surface area contributed by atoms with Crippen molar-refractivity contribution in [3.05, 3.63) is 176 Å². The summed E-state index contributed by atoms with van der Waals surface area (Å²) in [5.74, 6) is 0. The number of rotatable bonds is 3. The highest BCUT2D eigenvalue weighted by Gasteiger charge is 2.23. The Hall–Kier alpha value is -6.84. The lowest BCUT2D eigenvalue weighted by Crippen LogP contribution is -1.95. The van der Waals surface area contributed by atoms with Gasteiger partial charge in [0.25, 0.3) is 0 Å². The van der Waals surface area contributed by atoms with Gasteiger partial charge in [-0.2, -0.15) is 0 Å². The SMILES string of the molecule is c1ccc(-n2c3ccccc3c3c(-c4cccc(-n5c6cccc7c8ccccc8n8c9ccccc9c9ccc5c(c76)c98)c4)cccc32)cc1. The second-order valence-electron chi connectivity index (χ2n) is 13.7. The van der Waals surface area contributed by atoms with Gasteiger partial charge in [-0.25, -0.2) is 0 Å². The lowest BCUT2D eigenvalue weighted by molar-refractivity contribution is 1.18. The van der Waals surface area contributed by atoms with Crippen LogP contribution in [-0.2, 0) is 0 Å². The highest BCUT2D eigenvalue weighted by atomic mass is 15.0. The van der Waals surface area contributed by atoms with Gasteiger partial charge in [-0.3, -0.25) is 0 Å². The standard InChI is InChI=1S/C48H29N3/c1-2-14-31(15-3-1)49-41-24-9-6-19-38(41)45-33(20-11-25-42(45)49)30-13-10-16-32(29-30)50-43-26-12-21-36-34-17-4-7-22-39(34)51-40-23-8-5-18-35(40)37-27-28-44(50)47(46(36)43)48(37)51/h1-29H. The van der Waals surface area contributed by atoms with Crippen LogP contribution in [0.3, 0.4) is 0 Å². The Kier molecular flexibility index (Phi) is 5.23. The maximum Gasteiger partial charge on any atom is 0.0641 e. The Labute approximate surface area is 292 Å². The molecular formula is C48H29N3. The van der Waals surface area contributed by atoms with Gasteiger partial charge in [0, 0.05) is 49.1 Å². The highest BCUT2D eigenvalue weighted by Crippen LogP contribution is 2.46. The molecule has 0 N–H and O–H groups in total. The molecule has 0 aliphatic rings. The fourth-order valence-corrected chi connectivity index (χ4v) is 9.18. The van der Waals surface area contributed by atoms with E-state index < -0.39 is 0 Å². The molecule has 4 aromatic heterocycles. The minimum atomic E-state index is 1.16. The molecule has 0 spiro atoms. The largest absolute Gasteiger partial charge is 0.309 e. The minimum Gasteiger partial charge on any atom is -0.309 e. The number of para-hydroxylation sites is 4. The summed E-state index contributed by atoms with van der Waals surface area (Å²) >= 11 is 0. The van der Waals surface area contributed by atoms with E-state index in [-0.39, 0.29) is 0 Å². The maximum atomic E-state index is 2.51. The first kappa shape index (κ1) is 27.0. The summed E-state index contributed by atoms with van der Waals surface area (Å²) in [4.78, 5) is 0. The summed E-state index contributed by atoms with van der Waals surface area (Å²) in [7, 11) is 0. The fraction of sp³-hybridized carbons (Fsp3) is 0. The molecule has 0 unspecified atom stereocenters. The van der Waals surface area contributed by atoms with Crippen molar-refractivity contribution in [3.8, 4) is 22.5 Å². The number of benzene rings is 8. The van der Waals surface area contributed by atoms with Gasteiger partial charge in [-0.05, 0) is 77.2 Å². The van der Waals surface area contributed by atoms with E-state index >= 15 is 0 Å². The number of aromatic nitrogens is 3. The van der Waals surface area contributed by atoms with Crippen LogP contribution in [0.2, 0.25) is 0 Å². The van der Waals surface area contributed by atoms with Crippen molar-refractivity contribution in [2.45, 2.75) is 0 Å². The van der Waals surface area contributed by atoms with Crippen LogP contribution < -0.4 is 0 Å². The smallest absolute Gasteiger partial charge is 0.0641 e. The van der Waals surface area contributed by atoms with Crippen LogP contribution >= 0.6 is 0 Å². The van der Waals surface area contributed by atoms with Crippen molar-refractivity contribution in [3.63, 3.8) is 0 Å². The lowest BCUT2D eigenvalue weighted by Gasteiger charge is -2.12. The van der Waals surface area contributed by atoms with Gasteiger partial charge in [0.1, 0.15) is 0 Å². The summed E-state index contributed by atoms with van der Waals surface area (Å²) in [5, 5.41) is 10.3. The summed E-state index contributed by atoms with van der Waals surface area (Å²) < 4.78 is 7.39. The molecule has 3 heteroatoms. The molecule has 0 amide bonds. The van der Waals surface area contributed by atoms with Crippen molar-refractivity contribution in [1.29, 1.82) is 0 Å². The van der Waals surface area contributed by atoms with E-state index in [9.17, 15) is 0 Å². The van der Waals surface area contributed by atoms with Crippen molar-refractivity contribution < 1.29 is 0 Å². The van der Waals surface area contributed by atoms with Gasteiger partial charge in [-0.1, -0.05) is 115 Å². The molecule has 0 aliphatic carbocycles. The molecule has 12 aromatic rings. The third-order valence-corrected chi connectivity index (χ3v) is 11.2. The molecule has 4 heterocycles. The summed E-state index contributed by atoms with van der Waals surface area (Å²) in [6.45, 7) is 0. The Morgan fingerprint density at radius 3 is 1.65 bits per heavy atom.